The Morgan fingerprint density at radius 2 is 1.74 bits per heavy atom. The highest BCUT2D eigenvalue weighted by Gasteiger charge is 2.25. The van der Waals surface area contributed by atoms with Crippen molar-refractivity contribution in [2.75, 3.05) is 19.6 Å². The van der Waals surface area contributed by atoms with E-state index in [0.29, 0.717) is 12.5 Å². The molecule has 6 rings (SSSR count). The Morgan fingerprint density at radius 3 is 2.57 bits per heavy atom. The van der Waals surface area contributed by atoms with Gasteiger partial charge in [-0.2, -0.15) is 0 Å². The second-order valence-electron chi connectivity index (χ2n) is 9.29. The van der Waals surface area contributed by atoms with Crippen LogP contribution in [-0.2, 0) is 13.0 Å². The van der Waals surface area contributed by atoms with Gasteiger partial charge in [-0.25, -0.2) is 0 Å². The van der Waals surface area contributed by atoms with Crippen LogP contribution in [0.2, 0.25) is 0 Å². The van der Waals surface area contributed by atoms with Crippen LogP contribution in [0.15, 0.2) is 48.5 Å². The van der Waals surface area contributed by atoms with Gasteiger partial charge in [-0.05, 0) is 81.4 Å². The Hall–Kier alpha value is -2.67. The summed E-state index contributed by atoms with van der Waals surface area (Å²) in [6, 6.07) is 17.4. The van der Waals surface area contributed by atoms with Gasteiger partial charge < -0.3 is 9.64 Å². The lowest BCUT2D eigenvalue weighted by molar-refractivity contribution is 0.213. The number of halogens is 2. The summed E-state index contributed by atoms with van der Waals surface area (Å²) in [5.41, 5.74) is 6.00. The van der Waals surface area contributed by atoms with Crippen molar-refractivity contribution in [3.8, 4) is 11.4 Å². The number of pyridine rings is 1. The van der Waals surface area contributed by atoms with Gasteiger partial charge in [-0.1, -0.05) is 30.3 Å². The number of hydrogen-bond acceptors (Lipinski definition) is 5. The van der Waals surface area contributed by atoms with Crippen LogP contribution in [0, 0.1) is 13.8 Å². The summed E-state index contributed by atoms with van der Waals surface area (Å²) >= 11 is 0. The second-order valence-corrected chi connectivity index (χ2v) is 9.29. The van der Waals surface area contributed by atoms with Gasteiger partial charge in [0, 0.05) is 17.6 Å². The van der Waals surface area contributed by atoms with E-state index in [0.717, 1.165) is 60.4 Å². The molecule has 8 heteroatoms. The molecule has 0 spiro atoms. The predicted molar refractivity (Wildman–Crippen MR) is 144 cm³/mol. The number of aromatic nitrogens is 4. The van der Waals surface area contributed by atoms with E-state index in [1.807, 2.05) is 6.92 Å². The van der Waals surface area contributed by atoms with Gasteiger partial charge in [-0.15, -0.1) is 35.0 Å². The van der Waals surface area contributed by atoms with E-state index in [1.165, 1.54) is 29.4 Å². The minimum Gasteiger partial charge on any atom is -0.483 e. The summed E-state index contributed by atoms with van der Waals surface area (Å²) in [5.74, 6) is 3.38. The van der Waals surface area contributed by atoms with Crippen LogP contribution < -0.4 is 4.74 Å². The molecule has 1 saturated heterocycles. The number of nitrogens with zero attached hydrogens (tertiary/aromatic N) is 5. The molecular weight excluding hydrogens is 481 g/mol. The molecule has 0 saturated carbocycles. The molecule has 0 radical (unpaired) electrons. The van der Waals surface area contributed by atoms with Crippen molar-refractivity contribution < 1.29 is 4.74 Å². The lowest BCUT2D eigenvalue weighted by Gasteiger charge is -2.33. The summed E-state index contributed by atoms with van der Waals surface area (Å²) in [6.07, 6.45) is 3.38. The first-order valence-electron chi connectivity index (χ1n) is 11.9. The van der Waals surface area contributed by atoms with E-state index < -0.39 is 0 Å². The predicted octanol–water partition coefficient (Wildman–Crippen LogP) is 5.59. The number of hydrogen-bond donors (Lipinski definition) is 0. The first-order chi connectivity index (χ1) is 16.2. The first kappa shape index (κ1) is 25.4. The number of benzene rings is 2. The highest BCUT2D eigenvalue weighted by atomic mass is 35.5. The molecule has 184 valence electrons. The zero-order valence-corrected chi connectivity index (χ0v) is 21.7. The van der Waals surface area contributed by atoms with E-state index in [1.54, 1.807) is 0 Å². The number of fused-ring (bicyclic) bond motifs is 4. The third-order valence-electron chi connectivity index (χ3n) is 7.18. The van der Waals surface area contributed by atoms with E-state index in [9.17, 15) is 0 Å². The molecule has 0 aliphatic carbocycles. The van der Waals surface area contributed by atoms with Gasteiger partial charge in [0.2, 0.25) is 0 Å². The van der Waals surface area contributed by atoms with E-state index in [4.69, 9.17) is 9.72 Å². The minimum atomic E-state index is 0. The third-order valence-corrected chi connectivity index (χ3v) is 7.18. The number of rotatable bonds is 4. The molecular formula is C27H31Cl2N5O. The molecule has 4 aromatic rings. The van der Waals surface area contributed by atoms with Crippen LogP contribution in [0.25, 0.3) is 16.6 Å². The average molecular weight is 512 g/mol. The van der Waals surface area contributed by atoms with Crippen molar-refractivity contribution in [3.05, 3.63) is 77.0 Å². The summed E-state index contributed by atoms with van der Waals surface area (Å²) in [7, 11) is 0. The van der Waals surface area contributed by atoms with Crippen molar-refractivity contribution in [1.82, 2.24) is 24.6 Å². The monoisotopic (exact) mass is 511 g/mol. The van der Waals surface area contributed by atoms with Crippen LogP contribution in [0.3, 0.4) is 0 Å². The number of piperidine rings is 1. The van der Waals surface area contributed by atoms with E-state index in [-0.39, 0.29) is 24.8 Å². The van der Waals surface area contributed by atoms with Crippen molar-refractivity contribution in [2.45, 2.75) is 45.6 Å². The van der Waals surface area contributed by atoms with Gasteiger partial charge >= 0.3 is 0 Å². The number of aryl methyl sites for hydroxylation is 2. The molecule has 2 aromatic carbocycles. The molecule has 0 N–H and O–H groups in total. The molecule has 2 aliphatic heterocycles. The smallest absolute Gasteiger partial charge is 0.175 e. The van der Waals surface area contributed by atoms with E-state index in [2.05, 4.69) is 75.1 Å². The summed E-state index contributed by atoms with van der Waals surface area (Å²) in [4.78, 5) is 7.33. The zero-order valence-electron chi connectivity index (χ0n) is 20.1. The van der Waals surface area contributed by atoms with Gasteiger partial charge in [0.05, 0.1) is 11.2 Å². The quantitative estimate of drug-likeness (QED) is 0.357. The van der Waals surface area contributed by atoms with Crippen molar-refractivity contribution >= 4 is 35.7 Å². The van der Waals surface area contributed by atoms with Crippen LogP contribution in [0.4, 0.5) is 0 Å². The third kappa shape index (κ3) is 4.75. The Labute approximate surface area is 218 Å². The average Bonchev–Trinajstić information content (AvgIpc) is 3.23. The number of para-hydroxylation sites is 1. The van der Waals surface area contributed by atoms with Crippen molar-refractivity contribution in [2.24, 2.45) is 0 Å². The molecule has 0 amide bonds. The van der Waals surface area contributed by atoms with Crippen molar-refractivity contribution in [3.63, 3.8) is 0 Å². The number of ether oxygens (including phenoxy) is 1. The molecule has 2 aliphatic rings. The Morgan fingerprint density at radius 1 is 0.943 bits per heavy atom. The minimum absolute atomic E-state index is 0. The van der Waals surface area contributed by atoms with Crippen molar-refractivity contribution in [1.29, 1.82) is 0 Å². The fourth-order valence-corrected chi connectivity index (χ4v) is 5.44. The Bertz CT molecular complexity index is 1330. The molecule has 35 heavy (non-hydrogen) atoms. The van der Waals surface area contributed by atoms with Gasteiger partial charge in [0.15, 0.2) is 5.82 Å². The molecule has 4 heterocycles. The highest BCUT2D eigenvalue weighted by Crippen LogP contribution is 2.35. The molecule has 0 bridgehead atoms. The maximum Gasteiger partial charge on any atom is 0.175 e. The van der Waals surface area contributed by atoms with Gasteiger partial charge in [0.1, 0.15) is 18.2 Å². The zero-order chi connectivity index (χ0) is 22.4. The van der Waals surface area contributed by atoms with E-state index >= 15 is 0 Å². The normalized spacial score (nSPS) is 15.5. The molecule has 2 aromatic heterocycles. The van der Waals surface area contributed by atoms with Crippen LogP contribution in [0.1, 0.15) is 47.2 Å². The van der Waals surface area contributed by atoms with Crippen LogP contribution in [-0.4, -0.2) is 44.3 Å². The lowest BCUT2D eigenvalue weighted by Crippen LogP contribution is -2.34. The lowest BCUT2D eigenvalue weighted by atomic mass is 9.87. The Balaban J connectivity index is 0.00000144. The van der Waals surface area contributed by atoms with Crippen LogP contribution >= 0.6 is 24.8 Å². The maximum absolute atomic E-state index is 6.11. The SMILES string of the molecule is Cc1ccc2c(C3CCN(CCc4cccc5c4OCc4nnc(C)n4-5)CC3)cccc2n1.Cl.Cl. The van der Waals surface area contributed by atoms with Gasteiger partial charge in [0.25, 0.3) is 0 Å². The van der Waals surface area contributed by atoms with Gasteiger partial charge in [-0.3, -0.25) is 9.55 Å². The topological polar surface area (TPSA) is 56.1 Å². The van der Waals surface area contributed by atoms with Crippen LogP contribution in [0.5, 0.6) is 5.75 Å². The highest BCUT2D eigenvalue weighted by molar-refractivity contribution is 5.85. The summed E-state index contributed by atoms with van der Waals surface area (Å²) in [5, 5.41) is 9.78. The fraction of sp³-hybridized carbons (Fsp3) is 0.370. The summed E-state index contributed by atoms with van der Waals surface area (Å²) < 4.78 is 8.23. The molecule has 1 fully saturated rings. The molecule has 0 unspecified atom stereocenters. The molecule has 6 nitrogen and oxygen atoms in total. The molecule has 0 atom stereocenters. The number of likely N-dealkylation sites (tertiary alicyclic amines) is 1. The summed E-state index contributed by atoms with van der Waals surface area (Å²) in [6.45, 7) is 7.85. The Kier molecular flexibility index (Phi) is 7.64. The fourth-order valence-electron chi connectivity index (χ4n) is 5.44. The standard InChI is InChI=1S/C27H29N5O.2ClH/c1-18-9-10-23-22(6-4-7-24(23)28-18)20-11-14-31(15-12-20)16-13-21-5-3-8-25-27(21)33-17-26-30-29-19(2)32(25)26;;/h3-10,20H,11-17H2,1-2H3;2*1H. The first-order valence-corrected chi connectivity index (χ1v) is 11.9. The largest absolute Gasteiger partial charge is 0.483 e. The second kappa shape index (κ2) is 10.5. The maximum atomic E-state index is 6.11.